The van der Waals surface area contributed by atoms with Crippen LogP contribution < -0.4 is 110 Å². The highest BCUT2D eigenvalue weighted by atomic mass is 32.1. The highest BCUT2D eigenvalue weighted by Gasteiger charge is 2.43. The van der Waals surface area contributed by atoms with Gasteiger partial charge in [-0.2, -0.15) is 25.3 Å². The van der Waals surface area contributed by atoms with E-state index in [0.29, 0.717) is 49.0 Å². The van der Waals surface area contributed by atoms with Crippen molar-refractivity contribution >= 4 is 120 Å². The molecule has 103 heavy (non-hydrogen) atoms. The first-order valence-corrected chi connectivity index (χ1v) is 33.9. The van der Waals surface area contributed by atoms with Crippen molar-refractivity contribution in [3.8, 4) is 11.5 Å². The molecular weight excluding hydrogens is 1390 g/mol. The van der Waals surface area contributed by atoms with Gasteiger partial charge in [0, 0.05) is 49.5 Å². The number of carboxylic acids is 2. The fourth-order valence-corrected chi connectivity index (χ4v) is 11.1. The molecule has 0 aliphatic heterocycles. The smallest absolute Gasteiger partial charge is 0.326 e. The molecule has 31 N–H and O–H groups in total. The minimum absolute atomic E-state index is 0.0267. The van der Waals surface area contributed by atoms with Crippen LogP contribution in [0.5, 0.6) is 11.5 Å². The lowest BCUT2D eigenvalue weighted by Gasteiger charge is -2.39. The number of rotatable bonds is 46. The fourth-order valence-electron chi connectivity index (χ4n) is 10.4. The first kappa shape index (κ1) is 86.6. The highest BCUT2D eigenvalue weighted by molar-refractivity contribution is 7.82. The number of carbonyl (C=O) groups is 12. The van der Waals surface area contributed by atoms with Gasteiger partial charge in [-0.1, -0.05) is 43.5 Å². The topological polar surface area (TPSA) is 679 Å². The van der Waals surface area contributed by atoms with Gasteiger partial charge in [0.2, 0.25) is 59.1 Å². The fraction of sp³-hybridized carbons (Fsp3) is 0.548. The van der Waals surface area contributed by atoms with Gasteiger partial charge in [0.25, 0.3) is 0 Å². The normalized spacial score (nSPS) is 14.8. The number of phenols is 1. The second-order valence-electron chi connectivity index (χ2n) is 24.0. The van der Waals surface area contributed by atoms with E-state index in [4.69, 9.17) is 69.0 Å². The van der Waals surface area contributed by atoms with E-state index in [1.54, 1.807) is 0 Å². The molecule has 41 heteroatoms. The highest BCUT2D eigenvalue weighted by Crippen LogP contribution is 2.37. The summed E-state index contributed by atoms with van der Waals surface area (Å²) >= 11 is 9.05. The lowest BCUT2D eigenvalue weighted by molar-refractivity contribution is -0.142. The molecule has 0 saturated heterocycles. The summed E-state index contributed by atoms with van der Waals surface area (Å²) in [6.45, 7) is -1.58. The molecule has 1 aliphatic carbocycles. The van der Waals surface area contributed by atoms with Gasteiger partial charge in [0.15, 0.2) is 23.8 Å². The predicted molar refractivity (Wildman–Crippen MR) is 386 cm³/mol. The number of thiol groups is 2. The minimum Gasteiger partial charge on any atom is -0.508 e. The molecule has 2 aromatic rings. The number of ether oxygens (including phenoxy) is 1. The van der Waals surface area contributed by atoms with Gasteiger partial charge in [0.1, 0.15) is 59.8 Å². The standard InChI is InChI=1S/C62H99N23O16S2/c1-101-36-19-15-34(16-20-36)28-42(53(95)81-39(11-7-25-74-60(68)69)51(93)84-44(32-102)55(97)82-40(57(99)100)12-8-26-75-61(70)71)83-54(96)43(29-47(89)90)79-45(87)30-76-50(92)38(10-6-24-73-59(66)67)80-52(94)41(27-33-13-17-35(86)18-14-33)78-46(88)31-77-56(98)48(62(103)21-3-2-4-22-62)85-49(91)37(63)9-5-23-72-58(64)65/h13-20,37-44,48,86,102-103H,2-12,21-32,63H2,1H3,(H,76,92)(H,77,98)(H,78,88)(H,79,87)(H,80,94)(H,81,95)(H,82,97)(H,83,96)(H,84,93)(H,85,91)(H,89,90)(H,99,100)(H4,64,65,72)(H4,66,67,73)(H4,68,69,74)(H4,70,71,75)/t37-,38-,39-,40-,41+,42-,43-,44-,48?/m0/s1. The summed E-state index contributed by atoms with van der Waals surface area (Å²) in [5, 5.41) is 54.6. The van der Waals surface area contributed by atoms with Crippen molar-refractivity contribution < 1.29 is 77.6 Å². The zero-order valence-corrected chi connectivity index (χ0v) is 58.9. The van der Waals surface area contributed by atoms with Gasteiger partial charge in [-0.15, -0.1) is 0 Å². The summed E-state index contributed by atoms with van der Waals surface area (Å²) in [7, 11) is 1.40. The number of phenolic OH excluding ortho intramolecular Hbond substituents is 1. The molecule has 570 valence electrons. The zero-order chi connectivity index (χ0) is 76.8. The van der Waals surface area contributed by atoms with Crippen LogP contribution in [-0.2, 0) is 70.4 Å². The van der Waals surface area contributed by atoms with Crippen LogP contribution in [0.25, 0.3) is 0 Å². The van der Waals surface area contributed by atoms with E-state index in [-0.39, 0.29) is 119 Å². The first-order valence-electron chi connectivity index (χ1n) is 32.9. The molecule has 1 unspecified atom stereocenters. The minimum atomic E-state index is -1.97. The third kappa shape index (κ3) is 33.6. The van der Waals surface area contributed by atoms with E-state index in [2.05, 4.69) is 85.8 Å². The molecule has 9 atom stereocenters. The summed E-state index contributed by atoms with van der Waals surface area (Å²) in [6, 6.07) is -1.80. The van der Waals surface area contributed by atoms with Crippen molar-refractivity contribution in [2.75, 3.05) is 52.1 Å². The maximum atomic E-state index is 14.5. The molecule has 0 spiro atoms. The van der Waals surface area contributed by atoms with Crippen molar-refractivity contribution in [2.45, 2.75) is 162 Å². The number of aromatic hydroxyl groups is 1. The monoisotopic (exact) mass is 1490 g/mol. The quantitative estimate of drug-likeness (QED) is 0.0127. The van der Waals surface area contributed by atoms with Gasteiger partial charge in [-0.25, -0.2) is 4.79 Å². The van der Waals surface area contributed by atoms with E-state index in [0.717, 1.165) is 6.42 Å². The number of guanidine groups is 4. The van der Waals surface area contributed by atoms with E-state index in [9.17, 15) is 72.9 Å². The number of aliphatic carboxylic acids is 2. The number of carboxylic acid groups (broad SMARTS) is 2. The summed E-state index contributed by atoms with van der Waals surface area (Å²) < 4.78 is 4.21. The molecule has 0 aromatic heterocycles. The van der Waals surface area contributed by atoms with E-state index < -0.39 is 150 Å². The Morgan fingerprint density at radius 3 is 1.31 bits per heavy atom. The molecule has 0 heterocycles. The van der Waals surface area contributed by atoms with Crippen molar-refractivity contribution in [3.63, 3.8) is 0 Å². The molecule has 10 amide bonds. The molecule has 0 radical (unpaired) electrons. The van der Waals surface area contributed by atoms with Crippen LogP contribution in [0.2, 0.25) is 0 Å². The second-order valence-corrected chi connectivity index (χ2v) is 25.3. The lowest BCUT2D eigenvalue weighted by atomic mass is 9.82. The number of nitrogens with zero attached hydrogens (tertiary/aromatic N) is 4. The number of carbonyl (C=O) groups excluding carboxylic acids is 10. The largest absolute Gasteiger partial charge is 0.508 e. The summed E-state index contributed by atoms with van der Waals surface area (Å²) in [6.07, 6.45) is 1.54. The lowest BCUT2D eigenvalue weighted by Crippen LogP contribution is -2.61. The average Bonchev–Trinajstić information content (AvgIpc) is 0.808. The van der Waals surface area contributed by atoms with Gasteiger partial charge in [-0.05, 0) is 99.6 Å². The molecular formula is C62H99N23O16S2. The van der Waals surface area contributed by atoms with Crippen LogP contribution in [0.15, 0.2) is 68.5 Å². The Labute approximate surface area is 605 Å². The van der Waals surface area contributed by atoms with Crippen LogP contribution in [-0.4, -0.2) is 221 Å². The Hall–Kier alpha value is -10.6. The molecule has 1 fully saturated rings. The first-order chi connectivity index (χ1) is 48.7. The third-order valence-electron chi connectivity index (χ3n) is 15.8. The Kier molecular flexibility index (Phi) is 38.1. The van der Waals surface area contributed by atoms with Crippen molar-refractivity contribution in [1.29, 1.82) is 0 Å². The van der Waals surface area contributed by atoms with Gasteiger partial charge < -0.3 is 125 Å². The van der Waals surface area contributed by atoms with Crippen molar-refractivity contribution in [2.24, 2.45) is 71.6 Å². The van der Waals surface area contributed by atoms with Crippen LogP contribution in [0.3, 0.4) is 0 Å². The Morgan fingerprint density at radius 2 is 0.854 bits per heavy atom. The number of amides is 10. The number of nitrogens with one attached hydrogen (secondary N) is 10. The van der Waals surface area contributed by atoms with Crippen LogP contribution in [0.4, 0.5) is 0 Å². The third-order valence-corrected chi connectivity index (χ3v) is 16.8. The SMILES string of the molecule is COc1ccc(C[C@H](NC(=O)[C@H](CC(=O)O)NC(=O)CNC(=O)[C@H](CCCN=C(N)N)NC(=O)[C@@H](Cc2ccc(O)cc2)NC(=O)CNC(=O)C(NC(=O)[C@@H](N)CCCN=C(N)N)C2(S)CCCCC2)C(=O)N[C@@H](CCCN=C(N)N)C(=O)N[C@@H](CS)C(=O)N[C@@H](CCCN=C(N)N)C(=O)O)cc1. The molecule has 1 saturated carbocycles. The summed E-state index contributed by atoms with van der Waals surface area (Å²) in [4.78, 5) is 180. The molecule has 1 aliphatic rings. The number of aliphatic imine (C=N–C) groups is 4. The maximum absolute atomic E-state index is 14.5. The Bertz CT molecular complexity index is 3310. The summed E-state index contributed by atoms with van der Waals surface area (Å²) in [5.74, 6) is -13.8. The summed E-state index contributed by atoms with van der Waals surface area (Å²) in [5.41, 5.74) is 50.5. The predicted octanol–water partition coefficient (Wildman–Crippen LogP) is -7.04. The van der Waals surface area contributed by atoms with Crippen LogP contribution in [0, 0.1) is 0 Å². The van der Waals surface area contributed by atoms with E-state index in [1.807, 2.05) is 0 Å². The Morgan fingerprint density at radius 1 is 0.476 bits per heavy atom. The molecule has 3 rings (SSSR count). The average molecular weight is 1490 g/mol. The number of methoxy groups -OCH3 is 1. The van der Waals surface area contributed by atoms with Gasteiger partial charge >= 0.3 is 11.9 Å². The zero-order valence-electron chi connectivity index (χ0n) is 57.1. The number of nitrogens with two attached hydrogens (primary N) is 9. The number of hydrogen-bond donors (Lipinski definition) is 24. The maximum Gasteiger partial charge on any atom is 0.326 e. The number of benzene rings is 2. The van der Waals surface area contributed by atoms with E-state index >= 15 is 0 Å². The second kappa shape index (κ2) is 45.3. The van der Waals surface area contributed by atoms with Crippen molar-refractivity contribution in [1.82, 2.24) is 53.2 Å². The van der Waals surface area contributed by atoms with Gasteiger partial charge in [-0.3, -0.25) is 72.7 Å². The molecule has 2 aromatic carbocycles. The molecule has 39 nitrogen and oxygen atoms in total. The van der Waals surface area contributed by atoms with E-state index in [1.165, 1.54) is 55.6 Å². The Balaban J connectivity index is 1.91. The van der Waals surface area contributed by atoms with Crippen LogP contribution >= 0.6 is 25.3 Å². The molecule has 0 bridgehead atoms. The van der Waals surface area contributed by atoms with Crippen LogP contribution in [0.1, 0.15) is 101 Å². The van der Waals surface area contributed by atoms with Gasteiger partial charge in [0.05, 0.1) is 32.7 Å². The number of hydrogen-bond acceptors (Lipinski definition) is 21. The van der Waals surface area contributed by atoms with Crippen molar-refractivity contribution in [3.05, 3.63) is 59.7 Å².